The molecule has 5 heteroatoms. The minimum atomic E-state index is -0.633. The Kier molecular flexibility index (Phi) is 4.74. The minimum Gasteiger partial charge on any atom is -0.384 e. The zero-order valence-corrected chi connectivity index (χ0v) is 11.4. The number of hydrogen-bond donors (Lipinski definition) is 1. The molecule has 0 saturated carbocycles. The van der Waals surface area contributed by atoms with Crippen molar-refractivity contribution in [1.82, 2.24) is 0 Å². The summed E-state index contributed by atoms with van der Waals surface area (Å²) >= 11 is 5.88. The van der Waals surface area contributed by atoms with Gasteiger partial charge in [-0.2, -0.15) is 0 Å². The SMILES string of the molecule is N/C(Cc1ccccc1)=N/OC(=O)c1ccccc1Cl. The Balaban J connectivity index is 1.99. The van der Waals surface area contributed by atoms with E-state index in [1.54, 1.807) is 24.3 Å². The molecular formula is C15H13ClN2O2. The van der Waals surface area contributed by atoms with Crippen LogP contribution in [0.25, 0.3) is 0 Å². The van der Waals surface area contributed by atoms with Gasteiger partial charge in [0.15, 0.2) is 0 Å². The quantitative estimate of drug-likeness (QED) is 0.407. The van der Waals surface area contributed by atoms with E-state index in [1.807, 2.05) is 30.3 Å². The molecule has 0 aromatic heterocycles. The summed E-state index contributed by atoms with van der Waals surface area (Å²) in [6.07, 6.45) is 0.413. The van der Waals surface area contributed by atoms with Gasteiger partial charge in [0.05, 0.1) is 10.6 Å². The predicted molar refractivity (Wildman–Crippen MR) is 78.6 cm³/mol. The Morgan fingerprint density at radius 3 is 2.45 bits per heavy atom. The highest BCUT2D eigenvalue weighted by Gasteiger charge is 2.11. The molecule has 0 unspecified atom stereocenters. The molecule has 0 bridgehead atoms. The largest absolute Gasteiger partial charge is 0.384 e. The third-order valence-electron chi connectivity index (χ3n) is 2.57. The van der Waals surface area contributed by atoms with Crippen LogP contribution in [0.3, 0.4) is 0 Å². The van der Waals surface area contributed by atoms with Crippen LogP contribution in [0.5, 0.6) is 0 Å². The van der Waals surface area contributed by atoms with Crippen LogP contribution in [0, 0.1) is 0 Å². The lowest BCUT2D eigenvalue weighted by Crippen LogP contribution is -2.16. The molecule has 2 aromatic carbocycles. The molecule has 102 valence electrons. The number of hydrogen-bond acceptors (Lipinski definition) is 3. The highest BCUT2D eigenvalue weighted by Crippen LogP contribution is 2.15. The fourth-order valence-corrected chi connectivity index (χ4v) is 1.83. The molecule has 20 heavy (non-hydrogen) atoms. The minimum absolute atomic E-state index is 0.219. The van der Waals surface area contributed by atoms with E-state index in [4.69, 9.17) is 22.2 Å². The van der Waals surface area contributed by atoms with E-state index < -0.39 is 5.97 Å². The molecule has 0 aliphatic heterocycles. The molecule has 0 atom stereocenters. The van der Waals surface area contributed by atoms with E-state index in [0.717, 1.165) is 5.56 Å². The van der Waals surface area contributed by atoms with Crippen LogP contribution in [-0.2, 0) is 11.3 Å². The lowest BCUT2D eigenvalue weighted by Gasteiger charge is -2.02. The van der Waals surface area contributed by atoms with E-state index in [9.17, 15) is 4.79 Å². The Hall–Kier alpha value is -2.33. The van der Waals surface area contributed by atoms with E-state index in [0.29, 0.717) is 11.4 Å². The number of benzene rings is 2. The van der Waals surface area contributed by atoms with Crippen LogP contribution in [0.15, 0.2) is 59.8 Å². The Labute approximate surface area is 121 Å². The first-order chi connectivity index (χ1) is 9.66. The summed E-state index contributed by atoms with van der Waals surface area (Å²) in [7, 11) is 0. The van der Waals surface area contributed by atoms with Gasteiger partial charge in [0.1, 0.15) is 5.84 Å². The molecule has 0 saturated heterocycles. The fraction of sp³-hybridized carbons (Fsp3) is 0.0667. The average Bonchev–Trinajstić information content (AvgIpc) is 2.46. The molecule has 0 heterocycles. The van der Waals surface area contributed by atoms with Gasteiger partial charge in [0, 0.05) is 6.42 Å². The number of nitrogens with two attached hydrogens (primary N) is 1. The first-order valence-corrected chi connectivity index (χ1v) is 6.37. The van der Waals surface area contributed by atoms with Crippen LogP contribution in [0.2, 0.25) is 5.02 Å². The molecular weight excluding hydrogens is 276 g/mol. The van der Waals surface area contributed by atoms with Gasteiger partial charge in [-0.15, -0.1) is 0 Å². The second kappa shape index (κ2) is 6.73. The normalized spacial score (nSPS) is 11.2. The summed E-state index contributed by atoms with van der Waals surface area (Å²) in [5, 5.41) is 3.94. The first-order valence-electron chi connectivity index (χ1n) is 5.99. The molecule has 0 amide bonds. The number of rotatable bonds is 4. The smallest absolute Gasteiger partial charge is 0.367 e. The third-order valence-corrected chi connectivity index (χ3v) is 2.90. The van der Waals surface area contributed by atoms with Gasteiger partial charge >= 0.3 is 5.97 Å². The number of halogens is 1. The lowest BCUT2D eigenvalue weighted by molar-refractivity contribution is 0.0515. The summed E-state index contributed by atoms with van der Waals surface area (Å²) in [4.78, 5) is 16.5. The standard InChI is InChI=1S/C15H13ClN2O2/c16-13-9-5-4-8-12(13)15(19)20-18-14(17)10-11-6-2-1-3-7-11/h1-9H,10H2,(H2,17,18). The van der Waals surface area contributed by atoms with Gasteiger partial charge in [-0.3, -0.25) is 0 Å². The molecule has 0 fully saturated rings. The summed E-state index contributed by atoms with van der Waals surface area (Å²) in [5.74, 6) is -0.414. The number of amidine groups is 1. The number of carbonyl (C=O) groups excluding carboxylic acids is 1. The van der Waals surface area contributed by atoms with Crippen molar-refractivity contribution in [3.8, 4) is 0 Å². The van der Waals surface area contributed by atoms with Gasteiger partial charge in [-0.1, -0.05) is 59.2 Å². The molecule has 4 nitrogen and oxygen atoms in total. The molecule has 2 rings (SSSR count). The van der Waals surface area contributed by atoms with Gasteiger partial charge in [-0.05, 0) is 17.7 Å². The van der Waals surface area contributed by atoms with Crippen molar-refractivity contribution in [3.05, 3.63) is 70.7 Å². The molecule has 0 radical (unpaired) electrons. The van der Waals surface area contributed by atoms with Crippen LogP contribution in [-0.4, -0.2) is 11.8 Å². The second-order valence-electron chi connectivity index (χ2n) is 4.10. The van der Waals surface area contributed by atoms with Crippen molar-refractivity contribution in [1.29, 1.82) is 0 Å². The Morgan fingerprint density at radius 1 is 1.10 bits per heavy atom. The number of carbonyl (C=O) groups is 1. The van der Waals surface area contributed by atoms with E-state index in [1.165, 1.54) is 0 Å². The van der Waals surface area contributed by atoms with Crippen molar-refractivity contribution in [2.24, 2.45) is 10.9 Å². The maximum absolute atomic E-state index is 11.8. The number of nitrogens with zero attached hydrogens (tertiary/aromatic N) is 1. The first kappa shape index (κ1) is 14.1. The summed E-state index contributed by atoms with van der Waals surface area (Å²) in [6, 6.07) is 16.1. The highest BCUT2D eigenvalue weighted by atomic mass is 35.5. The van der Waals surface area contributed by atoms with Crippen molar-refractivity contribution < 1.29 is 9.63 Å². The number of oxime groups is 1. The van der Waals surface area contributed by atoms with E-state index >= 15 is 0 Å². The van der Waals surface area contributed by atoms with Crippen molar-refractivity contribution in [2.75, 3.05) is 0 Å². The molecule has 0 spiro atoms. The molecule has 0 aliphatic carbocycles. The van der Waals surface area contributed by atoms with Gasteiger partial charge in [-0.25, -0.2) is 4.79 Å². The maximum atomic E-state index is 11.8. The molecule has 0 aliphatic rings. The molecule has 2 aromatic rings. The Bertz CT molecular complexity index is 627. The van der Waals surface area contributed by atoms with Crippen molar-refractivity contribution in [3.63, 3.8) is 0 Å². The maximum Gasteiger partial charge on any atom is 0.367 e. The average molecular weight is 289 g/mol. The van der Waals surface area contributed by atoms with Crippen LogP contribution < -0.4 is 5.73 Å². The van der Waals surface area contributed by atoms with Gasteiger partial charge < -0.3 is 10.6 Å². The zero-order valence-electron chi connectivity index (χ0n) is 10.6. The summed E-state index contributed by atoms with van der Waals surface area (Å²) < 4.78 is 0. The van der Waals surface area contributed by atoms with Gasteiger partial charge in [0.25, 0.3) is 0 Å². The lowest BCUT2D eigenvalue weighted by atomic mass is 10.1. The zero-order chi connectivity index (χ0) is 14.4. The summed E-state index contributed by atoms with van der Waals surface area (Å²) in [5.41, 5.74) is 6.95. The highest BCUT2D eigenvalue weighted by molar-refractivity contribution is 6.33. The Morgan fingerprint density at radius 2 is 1.75 bits per heavy atom. The fourth-order valence-electron chi connectivity index (χ4n) is 1.61. The van der Waals surface area contributed by atoms with Crippen LogP contribution in [0.1, 0.15) is 15.9 Å². The topological polar surface area (TPSA) is 64.7 Å². The van der Waals surface area contributed by atoms with Crippen LogP contribution >= 0.6 is 11.6 Å². The van der Waals surface area contributed by atoms with E-state index in [2.05, 4.69) is 5.16 Å². The third kappa shape index (κ3) is 3.83. The monoisotopic (exact) mass is 288 g/mol. The summed E-state index contributed by atoms with van der Waals surface area (Å²) in [6.45, 7) is 0. The molecule has 2 N–H and O–H groups in total. The van der Waals surface area contributed by atoms with Crippen LogP contribution in [0.4, 0.5) is 0 Å². The van der Waals surface area contributed by atoms with Gasteiger partial charge in [0.2, 0.25) is 0 Å². The van der Waals surface area contributed by atoms with Crippen molar-refractivity contribution >= 4 is 23.4 Å². The van der Waals surface area contributed by atoms with E-state index in [-0.39, 0.29) is 11.4 Å². The van der Waals surface area contributed by atoms with Crippen molar-refractivity contribution in [2.45, 2.75) is 6.42 Å². The second-order valence-corrected chi connectivity index (χ2v) is 4.51. The predicted octanol–water partition coefficient (Wildman–Crippen LogP) is 3.01.